The third kappa shape index (κ3) is 3.00. The second kappa shape index (κ2) is 6.50. The van der Waals surface area contributed by atoms with Gasteiger partial charge in [0.2, 0.25) is 0 Å². The number of rotatable bonds is 3. The van der Waals surface area contributed by atoms with Gasteiger partial charge in [0, 0.05) is 25.3 Å². The van der Waals surface area contributed by atoms with E-state index in [0.717, 1.165) is 38.2 Å². The maximum Gasteiger partial charge on any atom is 0.159 e. The van der Waals surface area contributed by atoms with E-state index in [-0.39, 0.29) is 5.78 Å². The summed E-state index contributed by atoms with van der Waals surface area (Å²) >= 11 is 0. The summed E-state index contributed by atoms with van der Waals surface area (Å²) < 4.78 is 5.81. The second-order valence-electron chi connectivity index (χ2n) is 6.28. The molecule has 2 heterocycles. The Morgan fingerprint density at radius 2 is 2.09 bits per heavy atom. The first kappa shape index (κ1) is 15.1. The van der Waals surface area contributed by atoms with Gasteiger partial charge in [-0.3, -0.25) is 4.79 Å². The molecule has 116 valence electrons. The Hall–Kier alpha value is -1.86. The molecule has 2 aliphatic heterocycles. The molecule has 1 aromatic carbocycles. The van der Waals surface area contributed by atoms with Crippen LogP contribution in [0.1, 0.15) is 48.5 Å². The summed E-state index contributed by atoms with van der Waals surface area (Å²) in [5, 5.41) is 9.32. The van der Waals surface area contributed by atoms with Crippen LogP contribution < -0.4 is 4.90 Å². The number of hydrogen-bond acceptors (Lipinski definition) is 4. The zero-order chi connectivity index (χ0) is 15.5. The van der Waals surface area contributed by atoms with Crippen molar-refractivity contribution in [2.75, 3.05) is 24.6 Å². The molecular weight excluding hydrogens is 276 g/mol. The van der Waals surface area contributed by atoms with Gasteiger partial charge in [-0.1, -0.05) is 0 Å². The van der Waals surface area contributed by atoms with E-state index in [1.54, 1.807) is 19.1 Å². The molecule has 2 saturated heterocycles. The fourth-order valence-electron chi connectivity index (χ4n) is 3.59. The highest BCUT2D eigenvalue weighted by Crippen LogP contribution is 2.32. The Bertz CT molecular complexity index is 592. The molecule has 2 aliphatic rings. The first-order chi connectivity index (χ1) is 10.7. The van der Waals surface area contributed by atoms with Crippen LogP contribution in [0.4, 0.5) is 5.69 Å². The zero-order valence-corrected chi connectivity index (χ0v) is 13.0. The minimum atomic E-state index is 0.0416. The van der Waals surface area contributed by atoms with E-state index < -0.39 is 0 Å². The number of nitrogens with zero attached hydrogens (tertiary/aromatic N) is 2. The molecule has 0 radical (unpaired) electrons. The van der Waals surface area contributed by atoms with Gasteiger partial charge in [0.1, 0.15) is 6.07 Å². The molecule has 2 fully saturated rings. The maximum atomic E-state index is 11.6. The van der Waals surface area contributed by atoms with E-state index in [1.807, 2.05) is 6.07 Å². The SMILES string of the molecule is CC(=O)c1ccc(C#N)c(N2CCC(C3CCCO3)CC2)c1. The number of ketones is 1. The van der Waals surface area contributed by atoms with Crippen LogP contribution in [0.5, 0.6) is 0 Å². The third-order valence-corrected chi connectivity index (χ3v) is 4.90. The molecular formula is C18H22N2O2. The molecule has 1 atom stereocenters. The number of hydrogen-bond donors (Lipinski definition) is 0. The van der Waals surface area contributed by atoms with Crippen LogP contribution in [-0.2, 0) is 4.74 Å². The lowest BCUT2D eigenvalue weighted by Gasteiger charge is -2.36. The van der Waals surface area contributed by atoms with Crippen LogP contribution in [0.25, 0.3) is 0 Å². The highest BCUT2D eigenvalue weighted by molar-refractivity contribution is 5.95. The van der Waals surface area contributed by atoms with E-state index in [4.69, 9.17) is 4.74 Å². The monoisotopic (exact) mass is 298 g/mol. The minimum absolute atomic E-state index is 0.0416. The van der Waals surface area contributed by atoms with Crippen LogP contribution in [0, 0.1) is 17.2 Å². The topological polar surface area (TPSA) is 53.3 Å². The van der Waals surface area contributed by atoms with Crippen molar-refractivity contribution in [3.8, 4) is 6.07 Å². The van der Waals surface area contributed by atoms with Crippen molar-refractivity contribution in [1.29, 1.82) is 5.26 Å². The second-order valence-corrected chi connectivity index (χ2v) is 6.28. The lowest BCUT2D eigenvalue weighted by Crippen LogP contribution is -2.38. The van der Waals surface area contributed by atoms with E-state index in [0.29, 0.717) is 23.1 Å². The Morgan fingerprint density at radius 3 is 2.68 bits per heavy atom. The van der Waals surface area contributed by atoms with Gasteiger partial charge in [-0.25, -0.2) is 0 Å². The summed E-state index contributed by atoms with van der Waals surface area (Å²) in [7, 11) is 0. The molecule has 0 spiro atoms. The summed E-state index contributed by atoms with van der Waals surface area (Å²) in [4.78, 5) is 13.8. The molecule has 4 nitrogen and oxygen atoms in total. The number of nitriles is 1. The summed E-state index contributed by atoms with van der Waals surface area (Å²) in [6, 6.07) is 7.62. The maximum absolute atomic E-state index is 11.6. The fraction of sp³-hybridized carbons (Fsp3) is 0.556. The van der Waals surface area contributed by atoms with Crippen molar-refractivity contribution in [2.45, 2.75) is 38.7 Å². The normalized spacial score (nSPS) is 22.5. The molecule has 0 aliphatic carbocycles. The summed E-state index contributed by atoms with van der Waals surface area (Å²) in [5.74, 6) is 0.681. The predicted molar refractivity (Wildman–Crippen MR) is 85.1 cm³/mol. The van der Waals surface area contributed by atoms with E-state index in [9.17, 15) is 10.1 Å². The van der Waals surface area contributed by atoms with Crippen molar-refractivity contribution < 1.29 is 9.53 Å². The van der Waals surface area contributed by atoms with Crippen LogP contribution in [0.15, 0.2) is 18.2 Å². The van der Waals surface area contributed by atoms with Crippen molar-refractivity contribution in [3.05, 3.63) is 29.3 Å². The molecule has 0 N–H and O–H groups in total. The van der Waals surface area contributed by atoms with E-state index >= 15 is 0 Å². The van der Waals surface area contributed by atoms with Gasteiger partial charge in [0.25, 0.3) is 0 Å². The van der Waals surface area contributed by atoms with Gasteiger partial charge < -0.3 is 9.64 Å². The Labute approximate surface area is 131 Å². The number of Topliss-reactive ketones (excluding diaryl/α,β-unsaturated/α-hetero) is 1. The van der Waals surface area contributed by atoms with Gasteiger partial charge >= 0.3 is 0 Å². The largest absolute Gasteiger partial charge is 0.378 e. The minimum Gasteiger partial charge on any atom is -0.378 e. The molecule has 4 heteroatoms. The van der Waals surface area contributed by atoms with Gasteiger partial charge in [0.15, 0.2) is 5.78 Å². The molecule has 0 aromatic heterocycles. The fourth-order valence-corrected chi connectivity index (χ4v) is 3.59. The molecule has 0 bridgehead atoms. The zero-order valence-electron chi connectivity index (χ0n) is 13.0. The number of ether oxygens (including phenoxy) is 1. The highest BCUT2D eigenvalue weighted by atomic mass is 16.5. The highest BCUT2D eigenvalue weighted by Gasteiger charge is 2.30. The smallest absolute Gasteiger partial charge is 0.159 e. The third-order valence-electron chi connectivity index (χ3n) is 4.90. The van der Waals surface area contributed by atoms with Crippen molar-refractivity contribution in [1.82, 2.24) is 0 Å². The van der Waals surface area contributed by atoms with Crippen LogP contribution in [0.2, 0.25) is 0 Å². The molecule has 1 unspecified atom stereocenters. The van der Waals surface area contributed by atoms with Gasteiger partial charge in [-0.2, -0.15) is 5.26 Å². The number of anilines is 1. The first-order valence-corrected chi connectivity index (χ1v) is 8.10. The number of carbonyl (C=O) groups excluding carboxylic acids is 1. The first-order valence-electron chi connectivity index (χ1n) is 8.10. The van der Waals surface area contributed by atoms with Gasteiger partial charge in [-0.05, 0) is 56.7 Å². The summed E-state index contributed by atoms with van der Waals surface area (Å²) in [6.45, 7) is 4.33. The lowest BCUT2D eigenvalue weighted by molar-refractivity contribution is 0.0531. The van der Waals surface area contributed by atoms with E-state index in [2.05, 4.69) is 11.0 Å². The Morgan fingerprint density at radius 1 is 1.32 bits per heavy atom. The number of carbonyl (C=O) groups is 1. The number of benzene rings is 1. The van der Waals surface area contributed by atoms with Gasteiger partial charge in [-0.15, -0.1) is 0 Å². The summed E-state index contributed by atoms with van der Waals surface area (Å²) in [5.41, 5.74) is 2.23. The average molecular weight is 298 g/mol. The molecule has 0 saturated carbocycles. The molecule has 0 amide bonds. The quantitative estimate of drug-likeness (QED) is 0.804. The van der Waals surface area contributed by atoms with E-state index in [1.165, 1.54) is 12.8 Å². The standard InChI is InChI=1S/C18H22N2O2/c1-13(21)15-4-5-16(12-19)17(11-15)20-8-6-14(7-9-20)18-3-2-10-22-18/h4-5,11,14,18H,2-3,6-10H2,1H3. The lowest BCUT2D eigenvalue weighted by atomic mass is 9.89. The van der Waals surface area contributed by atoms with Crippen LogP contribution in [0.3, 0.4) is 0 Å². The average Bonchev–Trinajstić information content (AvgIpc) is 3.09. The van der Waals surface area contributed by atoms with Crippen LogP contribution >= 0.6 is 0 Å². The van der Waals surface area contributed by atoms with Crippen molar-refractivity contribution in [3.63, 3.8) is 0 Å². The number of piperidine rings is 1. The van der Waals surface area contributed by atoms with Crippen molar-refractivity contribution >= 4 is 11.5 Å². The van der Waals surface area contributed by atoms with Crippen molar-refractivity contribution in [2.24, 2.45) is 5.92 Å². The Kier molecular flexibility index (Phi) is 4.44. The summed E-state index contributed by atoms with van der Waals surface area (Å²) in [6.07, 6.45) is 5.00. The van der Waals surface area contributed by atoms with Gasteiger partial charge in [0.05, 0.1) is 17.4 Å². The molecule has 1 aromatic rings. The van der Waals surface area contributed by atoms with Crippen LogP contribution in [-0.4, -0.2) is 31.6 Å². The molecule has 3 rings (SSSR count). The predicted octanol–water partition coefficient (Wildman–Crippen LogP) is 3.16. The molecule has 22 heavy (non-hydrogen) atoms. The Balaban J connectivity index is 1.73.